The van der Waals surface area contributed by atoms with Crippen molar-refractivity contribution in [3.05, 3.63) is 100 Å². The van der Waals surface area contributed by atoms with Crippen LogP contribution in [0.15, 0.2) is 70.5 Å². The molecule has 0 spiro atoms. The number of hydrogen-bond acceptors (Lipinski definition) is 8. The first-order chi connectivity index (χ1) is 18.3. The Bertz CT molecular complexity index is 1410. The number of carbonyl (C=O) groups excluding carboxylic acids is 3. The number of thioether (sulfide) groups is 1. The molecule has 1 aliphatic rings. The zero-order valence-electron chi connectivity index (χ0n) is 20.7. The van der Waals surface area contributed by atoms with Crippen molar-refractivity contribution in [3.8, 4) is 11.5 Å². The van der Waals surface area contributed by atoms with Crippen LogP contribution in [0.2, 0.25) is 0 Å². The smallest absolute Gasteiger partial charge is 0.373 e. The number of allylic oxidation sites excluding steroid dienone is 1. The predicted octanol–water partition coefficient (Wildman–Crippen LogP) is 5.76. The van der Waals surface area contributed by atoms with E-state index < -0.39 is 17.1 Å². The number of benzene rings is 2. The van der Waals surface area contributed by atoms with Gasteiger partial charge in [-0.05, 0) is 71.8 Å². The molecule has 0 bridgehead atoms. The number of halogens is 1. The van der Waals surface area contributed by atoms with Crippen LogP contribution in [0.25, 0.3) is 6.08 Å². The van der Waals surface area contributed by atoms with E-state index in [0.717, 1.165) is 27.8 Å². The van der Waals surface area contributed by atoms with E-state index in [4.69, 9.17) is 13.9 Å². The Balaban J connectivity index is 1.56. The van der Waals surface area contributed by atoms with Gasteiger partial charge in [-0.25, -0.2) is 9.18 Å². The lowest BCUT2D eigenvalue weighted by molar-refractivity contribution is -0.123. The highest BCUT2D eigenvalue weighted by Crippen LogP contribution is 2.38. The number of amides is 2. The maximum atomic E-state index is 13.2. The van der Waals surface area contributed by atoms with Gasteiger partial charge in [-0.3, -0.25) is 14.5 Å². The molecule has 0 saturated carbocycles. The molecule has 1 aliphatic heterocycles. The number of esters is 1. The SMILES string of the molecule is C=CCc1cc(/C=C2/SC(=O)N(Cc3ccc(C(=O)OC)o3)C2=O)cc(OC)c1OCc1ccc(F)cc1. The molecule has 0 aliphatic carbocycles. The maximum absolute atomic E-state index is 13.2. The van der Waals surface area contributed by atoms with Gasteiger partial charge in [0, 0.05) is 5.56 Å². The Morgan fingerprint density at radius 3 is 2.58 bits per heavy atom. The summed E-state index contributed by atoms with van der Waals surface area (Å²) in [5.41, 5.74) is 2.17. The molecule has 8 nitrogen and oxygen atoms in total. The van der Waals surface area contributed by atoms with E-state index in [2.05, 4.69) is 11.3 Å². The first kappa shape index (κ1) is 26.7. The lowest BCUT2D eigenvalue weighted by Crippen LogP contribution is -2.27. The summed E-state index contributed by atoms with van der Waals surface area (Å²) in [6, 6.07) is 12.5. The highest BCUT2D eigenvalue weighted by molar-refractivity contribution is 8.18. The fourth-order valence-corrected chi connectivity index (χ4v) is 4.58. The Morgan fingerprint density at radius 1 is 1.13 bits per heavy atom. The van der Waals surface area contributed by atoms with Gasteiger partial charge in [-0.2, -0.15) is 0 Å². The van der Waals surface area contributed by atoms with Crippen molar-refractivity contribution in [1.82, 2.24) is 4.90 Å². The van der Waals surface area contributed by atoms with E-state index in [1.54, 1.807) is 30.4 Å². The minimum absolute atomic E-state index is 0.0198. The van der Waals surface area contributed by atoms with Crippen LogP contribution in [0.1, 0.15) is 33.0 Å². The summed E-state index contributed by atoms with van der Waals surface area (Å²) in [6.45, 7) is 3.88. The monoisotopic (exact) mass is 537 g/mol. The van der Waals surface area contributed by atoms with Crippen LogP contribution in [0.5, 0.6) is 11.5 Å². The summed E-state index contributed by atoms with van der Waals surface area (Å²) in [6.07, 6.45) is 3.77. The number of hydrogen-bond donors (Lipinski definition) is 0. The zero-order valence-corrected chi connectivity index (χ0v) is 21.5. The Morgan fingerprint density at radius 2 is 1.89 bits per heavy atom. The van der Waals surface area contributed by atoms with Gasteiger partial charge in [-0.15, -0.1) is 6.58 Å². The number of imide groups is 1. The lowest BCUT2D eigenvalue weighted by Gasteiger charge is -2.16. The molecule has 2 heterocycles. The number of rotatable bonds is 10. The second-order valence-electron chi connectivity index (χ2n) is 8.14. The van der Waals surface area contributed by atoms with E-state index in [9.17, 15) is 18.8 Å². The fraction of sp³-hybridized carbons (Fsp3) is 0.179. The third-order valence-corrected chi connectivity index (χ3v) is 6.48. The summed E-state index contributed by atoms with van der Waals surface area (Å²) in [5, 5.41) is -0.463. The largest absolute Gasteiger partial charge is 0.493 e. The molecule has 1 saturated heterocycles. The van der Waals surface area contributed by atoms with E-state index in [-0.39, 0.29) is 35.4 Å². The molecule has 0 N–H and O–H groups in total. The minimum Gasteiger partial charge on any atom is -0.493 e. The number of nitrogens with zero attached hydrogens (tertiary/aromatic N) is 1. The van der Waals surface area contributed by atoms with Crippen LogP contribution in [0, 0.1) is 5.82 Å². The van der Waals surface area contributed by atoms with Crippen LogP contribution in [-0.2, 0) is 29.1 Å². The van der Waals surface area contributed by atoms with E-state index >= 15 is 0 Å². The minimum atomic E-state index is -0.653. The Labute approximate surface area is 222 Å². The average molecular weight is 538 g/mol. The van der Waals surface area contributed by atoms with Crippen molar-refractivity contribution >= 4 is 35.0 Å². The van der Waals surface area contributed by atoms with Crippen molar-refractivity contribution in [1.29, 1.82) is 0 Å². The van der Waals surface area contributed by atoms with Crippen LogP contribution in [0.4, 0.5) is 9.18 Å². The summed E-state index contributed by atoms with van der Waals surface area (Å²) in [4.78, 5) is 38.5. The first-order valence-corrected chi connectivity index (χ1v) is 12.3. The molecular weight excluding hydrogens is 513 g/mol. The Hall–Kier alpha value is -4.31. The summed E-state index contributed by atoms with van der Waals surface area (Å²) in [5.74, 6) is -0.289. The number of carbonyl (C=O) groups is 3. The molecule has 0 unspecified atom stereocenters. The molecule has 4 rings (SSSR count). The third-order valence-electron chi connectivity index (χ3n) is 5.57. The quantitative estimate of drug-likeness (QED) is 0.183. The van der Waals surface area contributed by atoms with Crippen molar-refractivity contribution in [3.63, 3.8) is 0 Å². The van der Waals surface area contributed by atoms with Crippen molar-refractivity contribution in [2.75, 3.05) is 14.2 Å². The van der Waals surface area contributed by atoms with E-state index in [1.807, 2.05) is 6.07 Å². The summed E-state index contributed by atoms with van der Waals surface area (Å²) < 4.78 is 34.8. The normalized spacial score (nSPS) is 14.2. The van der Waals surface area contributed by atoms with Gasteiger partial charge in [-0.1, -0.05) is 18.2 Å². The molecule has 3 aromatic rings. The third kappa shape index (κ3) is 5.97. The summed E-state index contributed by atoms with van der Waals surface area (Å²) >= 11 is 0.801. The van der Waals surface area contributed by atoms with Gasteiger partial charge >= 0.3 is 5.97 Å². The van der Waals surface area contributed by atoms with Crippen LogP contribution in [-0.4, -0.2) is 36.2 Å². The van der Waals surface area contributed by atoms with Crippen LogP contribution in [0.3, 0.4) is 0 Å². The molecule has 2 amide bonds. The zero-order chi connectivity index (χ0) is 27.2. The van der Waals surface area contributed by atoms with Gasteiger partial charge in [0.2, 0.25) is 5.76 Å². The van der Waals surface area contributed by atoms with Crippen molar-refractivity contribution in [2.45, 2.75) is 19.6 Å². The number of ether oxygens (including phenoxy) is 3. The first-order valence-electron chi connectivity index (χ1n) is 11.4. The number of furan rings is 1. The lowest BCUT2D eigenvalue weighted by atomic mass is 10.0. The topological polar surface area (TPSA) is 95.3 Å². The number of methoxy groups -OCH3 is 2. The molecule has 38 heavy (non-hydrogen) atoms. The van der Waals surface area contributed by atoms with Gasteiger partial charge in [0.15, 0.2) is 11.5 Å². The molecule has 0 radical (unpaired) electrons. The van der Waals surface area contributed by atoms with Crippen LogP contribution < -0.4 is 9.47 Å². The summed E-state index contributed by atoms with van der Waals surface area (Å²) in [7, 11) is 2.73. The van der Waals surface area contributed by atoms with Gasteiger partial charge < -0.3 is 18.6 Å². The molecule has 1 aromatic heterocycles. The molecule has 1 fully saturated rings. The molecular formula is C28H24FNO7S. The average Bonchev–Trinajstić information content (AvgIpc) is 3.49. The van der Waals surface area contributed by atoms with Crippen molar-refractivity contribution in [2.24, 2.45) is 0 Å². The van der Waals surface area contributed by atoms with E-state index in [1.165, 1.54) is 38.5 Å². The van der Waals surface area contributed by atoms with Crippen LogP contribution >= 0.6 is 11.8 Å². The second kappa shape index (κ2) is 11.8. The highest BCUT2D eigenvalue weighted by Gasteiger charge is 2.36. The highest BCUT2D eigenvalue weighted by atomic mass is 32.2. The second-order valence-corrected chi connectivity index (χ2v) is 9.14. The molecule has 196 valence electrons. The van der Waals surface area contributed by atoms with Crippen molar-refractivity contribution < 1.29 is 37.4 Å². The van der Waals surface area contributed by atoms with Gasteiger partial charge in [0.25, 0.3) is 11.1 Å². The fourth-order valence-electron chi connectivity index (χ4n) is 3.74. The van der Waals surface area contributed by atoms with Gasteiger partial charge in [0.1, 0.15) is 18.2 Å². The standard InChI is InChI=1S/C28H24FNO7S/c1-4-5-19-12-18(13-23(34-2)25(19)36-16-17-6-8-20(29)9-7-17)14-24-26(31)30(28(33)38-24)15-21-10-11-22(37-21)27(32)35-3/h4,6-14H,1,5,15-16H2,2-3H3/b24-14+. The molecule has 2 aromatic carbocycles. The maximum Gasteiger partial charge on any atom is 0.373 e. The Kier molecular flexibility index (Phi) is 8.32. The molecule has 10 heteroatoms. The molecule has 0 atom stereocenters. The predicted molar refractivity (Wildman–Crippen MR) is 139 cm³/mol. The van der Waals surface area contributed by atoms with Gasteiger partial charge in [0.05, 0.1) is 25.7 Å². The van der Waals surface area contributed by atoms with E-state index in [0.29, 0.717) is 23.5 Å².